The number of carbonyl (C=O) groups is 1. The van der Waals surface area contributed by atoms with Gasteiger partial charge in [0.05, 0.1) is 34.4 Å². The SMILES string of the molecule is COc1cc(/C=N\Nc2ccc([N+](=O)[O-])cc2)ccc1OC(=O)c1cccc([N+](=O)[O-])c1. The zero-order valence-electron chi connectivity index (χ0n) is 16.6. The zero-order valence-corrected chi connectivity index (χ0v) is 16.6. The first kappa shape index (κ1) is 21.9. The van der Waals surface area contributed by atoms with E-state index in [0.717, 1.165) is 6.07 Å². The maximum Gasteiger partial charge on any atom is 0.343 e. The first-order chi connectivity index (χ1) is 15.4. The van der Waals surface area contributed by atoms with Crippen molar-refractivity contribution in [1.82, 2.24) is 0 Å². The van der Waals surface area contributed by atoms with Crippen LogP contribution in [0.4, 0.5) is 17.1 Å². The predicted molar refractivity (Wildman–Crippen MR) is 115 cm³/mol. The van der Waals surface area contributed by atoms with Crippen LogP contribution in [0.3, 0.4) is 0 Å². The lowest BCUT2D eigenvalue weighted by Crippen LogP contribution is -2.09. The number of nitrogens with one attached hydrogen (secondary N) is 1. The molecule has 0 aromatic heterocycles. The number of nitro benzene ring substituents is 2. The van der Waals surface area contributed by atoms with Crippen LogP contribution in [0, 0.1) is 20.2 Å². The molecule has 0 atom stereocenters. The number of benzene rings is 3. The number of methoxy groups -OCH3 is 1. The molecule has 0 aliphatic rings. The van der Waals surface area contributed by atoms with Crippen LogP contribution in [0.2, 0.25) is 0 Å². The van der Waals surface area contributed by atoms with Gasteiger partial charge < -0.3 is 9.47 Å². The molecule has 0 saturated carbocycles. The van der Waals surface area contributed by atoms with E-state index in [-0.39, 0.29) is 28.4 Å². The second-order valence-electron chi connectivity index (χ2n) is 6.28. The molecule has 32 heavy (non-hydrogen) atoms. The topological polar surface area (TPSA) is 146 Å². The van der Waals surface area contributed by atoms with Crippen LogP contribution < -0.4 is 14.9 Å². The summed E-state index contributed by atoms with van der Waals surface area (Å²) in [6.07, 6.45) is 1.48. The number of non-ortho nitro benzene ring substituents is 2. The minimum Gasteiger partial charge on any atom is -0.493 e. The lowest BCUT2D eigenvalue weighted by molar-refractivity contribution is -0.385. The van der Waals surface area contributed by atoms with Gasteiger partial charge in [0.25, 0.3) is 11.4 Å². The van der Waals surface area contributed by atoms with Gasteiger partial charge in [-0.1, -0.05) is 6.07 Å². The van der Waals surface area contributed by atoms with E-state index >= 15 is 0 Å². The highest BCUT2D eigenvalue weighted by atomic mass is 16.6. The van der Waals surface area contributed by atoms with E-state index in [1.807, 2.05) is 0 Å². The highest BCUT2D eigenvalue weighted by molar-refractivity contribution is 5.92. The van der Waals surface area contributed by atoms with Crippen LogP contribution in [0.1, 0.15) is 15.9 Å². The van der Waals surface area contributed by atoms with Crippen LogP contribution in [0.15, 0.2) is 71.8 Å². The number of nitro groups is 2. The van der Waals surface area contributed by atoms with Crippen LogP contribution in [0.5, 0.6) is 11.5 Å². The van der Waals surface area contributed by atoms with Gasteiger partial charge in [0.1, 0.15) is 0 Å². The van der Waals surface area contributed by atoms with Crippen molar-refractivity contribution in [2.45, 2.75) is 0 Å². The van der Waals surface area contributed by atoms with Gasteiger partial charge in [0, 0.05) is 24.3 Å². The number of rotatable bonds is 8. The fourth-order valence-electron chi connectivity index (χ4n) is 2.59. The molecule has 0 aliphatic carbocycles. The van der Waals surface area contributed by atoms with E-state index in [9.17, 15) is 25.0 Å². The Hall–Kier alpha value is -4.80. The minimum absolute atomic E-state index is 0.0270. The standard InChI is InChI=1S/C21H16N4O7/c1-31-20-11-14(13-22-23-16-6-8-17(9-7-16)24(27)28)5-10-19(20)32-21(26)15-3-2-4-18(12-15)25(29)30/h2-13,23H,1H3/b22-13-. The summed E-state index contributed by atoms with van der Waals surface area (Å²) in [5.41, 5.74) is 3.69. The van der Waals surface area contributed by atoms with E-state index in [1.54, 1.807) is 12.1 Å². The molecule has 0 amide bonds. The summed E-state index contributed by atoms with van der Waals surface area (Å²) in [6, 6.07) is 15.7. The Labute approximate surface area is 181 Å². The van der Waals surface area contributed by atoms with Crippen molar-refractivity contribution in [1.29, 1.82) is 0 Å². The van der Waals surface area contributed by atoms with Crippen molar-refractivity contribution in [3.8, 4) is 11.5 Å². The average Bonchev–Trinajstić information content (AvgIpc) is 2.80. The molecule has 1 N–H and O–H groups in total. The molecule has 0 aliphatic heterocycles. The molecule has 3 aromatic rings. The normalized spacial score (nSPS) is 10.5. The molecule has 3 aromatic carbocycles. The Kier molecular flexibility index (Phi) is 6.71. The number of hydrogen-bond donors (Lipinski definition) is 1. The number of nitrogens with zero attached hydrogens (tertiary/aromatic N) is 3. The van der Waals surface area contributed by atoms with Crippen LogP contribution in [-0.4, -0.2) is 29.1 Å². The molecule has 0 saturated heterocycles. The molecule has 0 spiro atoms. The van der Waals surface area contributed by atoms with Crippen LogP contribution in [-0.2, 0) is 0 Å². The Balaban J connectivity index is 1.69. The third kappa shape index (κ3) is 5.42. The molecule has 0 radical (unpaired) electrons. The molecular weight excluding hydrogens is 420 g/mol. The van der Waals surface area contributed by atoms with E-state index in [2.05, 4.69) is 10.5 Å². The zero-order chi connectivity index (χ0) is 23.1. The van der Waals surface area contributed by atoms with Crippen molar-refractivity contribution in [3.05, 3.63) is 98.1 Å². The third-order valence-electron chi connectivity index (χ3n) is 4.17. The Morgan fingerprint density at radius 3 is 2.31 bits per heavy atom. The van der Waals surface area contributed by atoms with Gasteiger partial charge in [0.15, 0.2) is 11.5 Å². The largest absolute Gasteiger partial charge is 0.493 e. The summed E-state index contributed by atoms with van der Waals surface area (Å²) in [4.78, 5) is 32.8. The van der Waals surface area contributed by atoms with Crippen molar-refractivity contribution < 1.29 is 24.1 Å². The van der Waals surface area contributed by atoms with Gasteiger partial charge in [-0.15, -0.1) is 0 Å². The Morgan fingerprint density at radius 1 is 0.938 bits per heavy atom. The molecule has 11 heteroatoms. The fourth-order valence-corrected chi connectivity index (χ4v) is 2.59. The molecule has 0 heterocycles. The van der Waals surface area contributed by atoms with Crippen molar-refractivity contribution >= 4 is 29.2 Å². The number of carbonyl (C=O) groups excluding carboxylic acids is 1. The maximum absolute atomic E-state index is 12.4. The average molecular weight is 436 g/mol. The summed E-state index contributed by atoms with van der Waals surface area (Å²) >= 11 is 0. The summed E-state index contributed by atoms with van der Waals surface area (Å²) in [5.74, 6) is -0.388. The summed E-state index contributed by atoms with van der Waals surface area (Å²) in [6.45, 7) is 0. The molecule has 11 nitrogen and oxygen atoms in total. The predicted octanol–water partition coefficient (Wildman–Crippen LogP) is 4.18. The Morgan fingerprint density at radius 2 is 1.66 bits per heavy atom. The highest BCUT2D eigenvalue weighted by Gasteiger charge is 2.16. The number of anilines is 1. The first-order valence-electron chi connectivity index (χ1n) is 9.05. The number of hydrogen-bond acceptors (Lipinski definition) is 9. The summed E-state index contributed by atoms with van der Waals surface area (Å²) in [7, 11) is 1.40. The van der Waals surface area contributed by atoms with Gasteiger partial charge in [-0.25, -0.2) is 4.79 Å². The highest BCUT2D eigenvalue weighted by Crippen LogP contribution is 2.29. The lowest BCUT2D eigenvalue weighted by Gasteiger charge is -2.10. The fraction of sp³-hybridized carbons (Fsp3) is 0.0476. The first-order valence-corrected chi connectivity index (χ1v) is 9.05. The van der Waals surface area contributed by atoms with Crippen molar-refractivity contribution in [3.63, 3.8) is 0 Å². The van der Waals surface area contributed by atoms with Gasteiger partial charge in [-0.05, 0) is 42.0 Å². The molecule has 0 bridgehead atoms. The second-order valence-corrected chi connectivity index (χ2v) is 6.28. The minimum atomic E-state index is -0.770. The summed E-state index contributed by atoms with van der Waals surface area (Å²) in [5, 5.41) is 25.6. The molecule has 0 fully saturated rings. The summed E-state index contributed by atoms with van der Waals surface area (Å²) < 4.78 is 10.6. The van der Waals surface area contributed by atoms with E-state index in [1.165, 1.54) is 61.9 Å². The van der Waals surface area contributed by atoms with E-state index in [4.69, 9.17) is 9.47 Å². The second kappa shape index (κ2) is 9.80. The van der Waals surface area contributed by atoms with Crippen LogP contribution >= 0.6 is 0 Å². The molecular formula is C21H16N4O7. The van der Waals surface area contributed by atoms with E-state index < -0.39 is 15.8 Å². The monoisotopic (exact) mass is 436 g/mol. The van der Waals surface area contributed by atoms with Gasteiger partial charge in [0.2, 0.25) is 0 Å². The Bertz CT molecular complexity index is 1190. The van der Waals surface area contributed by atoms with Crippen LogP contribution in [0.25, 0.3) is 0 Å². The van der Waals surface area contributed by atoms with Crippen molar-refractivity contribution in [2.75, 3.05) is 12.5 Å². The maximum atomic E-state index is 12.4. The van der Waals surface area contributed by atoms with Gasteiger partial charge in [-0.2, -0.15) is 5.10 Å². The number of ether oxygens (including phenoxy) is 2. The third-order valence-corrected chi connectivity index (χ3v) is 4.17. The van der Waals surface area contributed by atoms with Crippen molar-refractivity contribution in [2.24, 2.45) is 5.10 Å². The van der Waals surface area contributed by atoms with E-state index in [0.29, 0.717) is 11.3 Å². The molecule has 162 valence electrons. The van der Waals surface area contributed by atoms with Gasteiger partial charge in [-0.3, -0.25) is 25.7 Å². The van der Waals surface area contributed by atoms with Gasteiger partial charge >= 0.3 is 5.97 Å². The molecule has 3 rings (SSSR count). The number of esters is 1. The molecule has 0 unspecified atom stereocenters. The number of hydrazone groups is 1. The lowest BCUT2D eigenvalue weighted by atomic mass is 10.2. The smallest absolute Gasteiger partial charge is 0.343 e. The quantitative estimate of drug-likeness (QED) is 0.182.